The van der Waals surface area contributed by atoms with Crippen LogP contribution in [0.15, 0.2) is 35.8 Å². The van der Waals surface area contributed by atoms with Crippen molar-refractivity contribution < 1.29 is 9.13 Å². The first kappa shape index (κ1) is 19.7. The van der Waals surface area contributed by atoms with E-state index >= 15 is 0 Å². The van der Waals surface area contributed by atoms with Crippen LogP contribution in [0.4, 0.5) is 10.2 Å². The van der Waals surface area contributed by atoms with Gasteiger partial charge in [0.1, 0.15) is 18.2 Å². The lowest BCUT2D eigenvalue weighted by Crippen LogP contribution is -2.25. The largest absolute Gasteiger partial charge is 0.498 e. The molecule has 0 fully saturated rings. The van der Waals surface area contributed by atoms with Gasteiger partial charge in [0.05, 0.1) is 12.8 Å². The van der Waals surface area contributed by atoms with Crippen molar-refractivity contribution in [2.24, 2.45) is 7.05 Å². The fourth-order valence-corrected chi connectivity index (χ4v) is 4.13. The van der Waals surface area contributed by atoms with Crippen LogP contribution in [0.2, 0.25) is 0 Å². The van der Waals surface area contributed by atoms with Crippen molar-refractivity contribution in [2.75, 3.05) is 18.1 Å². The van der Waals surface area contributed by atoms with E-state index in [0.29, 0.717) is 30.5 Å². The van der Waals surface area contributed by atoms with E-state index in [9.17, 15) is 4.39 Å². The normalized spacial score (nSPS) is 13.9. The highest BCUT2D eigenvalue weighted by Crippen LogP contribution is 2.30. The molecule has 1 aliphatic rings. The Morgan fingerprint density at radius 3 is 2.72 bits per heavy atom. The second-order valence-corrected chi connectivity index (χ2v) is 7.80. The van der Waals surface area contributed by atoms with Crippen molar-refractivity contribution in [1.82, 2.24) is 19.5 Å². The van der Waals surface area contributed by atoms with Crippen LogP contribution < -0.4 is 4.90 Å². The number of nitrogens with zero attached hydrogens (tertiary/aromatic N) is 5. The van der Waals surface area contributed by atoms with E-state index in [0.717, 1.165) is 40.4 Å². The van der Waals surface area contributed by atoms with E-state index in [1.165, 1.54) is 11.8 Å². The fraction of sp³-hybridized carbons (Fsp3) is 0.381. The Morgan fingerprint density at radius 2 is 2.03 bits per heavy atom. The van der Waals surface area contributed by atoms with Crippen molar-refractivity contribution in [1.29, 1.82) is 0 Å². The van der Waals surface area contributed by atoms with Crippen molar-refractivity contribution in [3.63, 3.8) is 0 Å². The number of anilines is 1. The Kier molecular flexibility index (Phi) is 5.71. The number of hydrogen-bond donors (Lipinski definition) is 0. The van der Waals surface area contributed by atoms with Crippen molar-refractivity contribution in [2.45, 2.75) is 37.6 Å². The highest BCUT2D eigenvalue weighted by Gasteiger charge is 2.20. The van der Waals surface area contributed by atoms with E-state index in [4.69, 9.17) is 19.7 Å². The summed E-state index contributed by atoms with van der Waals surface area (Å²) in [6, 6.07) is 5.43. The van der Waals surface area contributed by atoms with Crippen molar-refractivity contribution in [3.05, 3.63) is 53.4 Å². The van der Waals surface area contributed by atoms with Gasteiger partial charge >= 0.3 is 0 Å². The number of aromatic nitrogens is 4. The second-order valence-electron chi connectivity index (χ2n) is 6.86. The van der Waals surface area contributed by atoms with Gasteiger partial charge in [0.2, 0.25) is 0 Å². The molecule has 6 nitrogen and oxygen atoms in total. The number of benzene rings is 1. The molecule has 1 aliphatic heterocycles. The molecule has 0 aliphatic carbocycles. The predicted octanol–water partition coefficient (Wildman–Crippen LogP) is 4.23. The van der Waals surface area contributed by atoms with E-state index in [-0.39, 0.29) is 5.82 Å². The van der Waals surface area contributed by atoms with E-state index in [1.807, 2.05) is 41.8 Å². The number of aryl methyl sites for hydroxylation is 3. The zero-order valence-corrected chi connectivity index (χ0v) is 17.7. The van der Waals surface area contributed by atoms with Crippen LogP contribution in [0.1, 0.15) is 30.8 Å². The number of hydrogen-bond acceptors (Lipinski definition) is 6. The maximum absolute atomic E-state index is 14.1. The average molecular weight is 414 g/mol. The Bertz CT molecular complexity index is 1060. The third-order valence-electron chi connectivity index (χ3n) is 5.01. The lowest BCUT2D eigenvalue weighted by Gasteiger charge is -2.22. The van der Waals surface area contributed by atoms with Crippen LogP contribution in [-0.4, -0.2) is 32.7 Å². The smallest absolute Gasteiger partial charge is 0.191 e. The van der Waals surface area contributed by atoms with E-state index < -0.39 is 0 Å². The molecule has 8 heteroatoms. The monoisotopic (exact) mass is 413 g/mol. The molecule has 2 aromatic heterocycles. The molecule has 4 rings (SSSR count). The number of imidazole rings is 1. The SMILES string of the molecule is CCc1ccc(CSc2nc(N3C=COCC3)c3nc(CC)n(C)c3n2)cc1F. The lowest BCUT2D eigenvalue weighted by atomic mass is 10.1. The van der Waals surface area contributed by atoms with Gasteiger partial charge in [0.15, 0.2) is 22.1 Å². The molecule has 0 radical (unpaired) electrons. The Hall–Kier alpha value is -2.61. The molecule has 29 heavy (non-hydrogen) atoms. The Labute approximate surface area is 173 Å². The number of thioether (sulfide) groups is 1. The summed E-state index contributed by atoms with van der Waals surface area (Å²) >= 11 is 1.50. The molecule has 0 unspecified atom stereocenters. The third kappa shape index (κ3) is 3.94. The number of fused-ring (bicyclic) bond motifs is 1. The number of halogens is 1. The van der Waals surface area contributed by atoms with Crippen LogP contribution in [-0.2, 0) is 30.4 Å². The molecule has 0 saturated carbocycles. The predicted molar refractivity (Wildman–Crippen MR) is 113 cm³/mol. The van der Waals surface area contributed by atoms with Gasteiger partial charge in [-0.25, -0.2) is 19.3 Å². The van der Waals surface area contributed by atoms with Gasteiger partial charge in [0, 0.05) is 25.4 Å². The van der Waals surface area contributed by atoms with Crippen LogP contribution >= 0.6 is 11.8 Å². The zero-order chi connectivity index (χ0) is 20.4. The first-order chi connectivity index (χ1) is 14.1. The van der Waals surface area contributed by atoms with Gasteiger partial charge in [-0.1, -0.05) is 37.7 Å². The second kappa shape index (κ2) is 8.41. The minimum Gasteiger partial charge on any atom is -0.498 e. The third-order valence-corrected chi connectivity index (χ3v) is 5.93. The molecule has 0 bridgehead atoms. The fourth-order valence-electron chi connectivity index (χ4n) is 3.36. The molecule has 1 aromatic carbocycles. The van der Waals surface area contributed by atoms with Crippen LogP contribution in [0.5, 0.6) is 0 Å². The van der Waals surface area contributed by atoms with Gasteiger partial charge in [-0.2, -0.15) is 0 Å². The Morgan fingerprint density at radius 1 is 1.17 bits per heavy atom. The van der Waals surface area contributed by atoms with Crippen LogP contribution in [0, 0.1) is 5.82 Å². The first-order valence-electron chi connectivity index (χ1n) is 9.79. The molecular formula is C21H24FN5OS. The maximum atomic E-state index is 14.1. The van der Waals surface area contributed by atoms with Gasteiger partial charge < -0.3 is 14.2 Å². The summed E-state index contributed by atoms with van der Waals surface area (Å²) in [6.45, 7) is 5.33. The summed E-state index contributed by atoms with van der Waals surface area (Å²) in [5.74, 6) is 2.19. The maximum Gasteiger partial charge on any atom is 0.191 e. The molecule has 0 atom stereocenters. The minimum atomic E-state index is -0.152. The summed E-state index contributed by atoms with van der Waals surface area (Å²) in [5.41, 5.74) is 3.25. The van der Waals surface area contributed by atoms with Gasteiger partial charge in [0.25, 0.3) is 0 Å². The zero-order valence-electron chi connectivity index (χ0n) is 16.9. The summed E-state index contributed by atoms with van der Waals surface area (Å²) in [4.78, 5) is 16.3. The molecule has 0 saturated heterocycles. The summed E-state index contributed by atoms with van der Waals surface area (Å²) in [7, 11) is 1.98. The highest BCUT2D eigenvalue weighted by molar-refractivity contribution is 7.98. The van der Waals surface area contributed by atoms with Crippen molar-refractivity contribution >= 4 is 28.7 Å². The number of rotatable bonds is 6. The molecule has 3 heterocycles. The van der Waals surface area contributed by atoms with Gasteiger partial charge in [-0.15, -0.1) is 0 Å². The summed E-state index contributed by atoms with van der Waals surface area (Å²) in [5, 5.41) is 0.651. The van der Waals surface area contributed by atoms with E-state index in [2.05, 4.69) is 6.92 Å². The summed E-state index contributed by atoms with van der Waals surface area (Å²) < 4.78 is 21.4. The van der Waals surface area contributed by atoms with Gasteiger partial charge in [-0.05, 0) is 23.6 Å². The molecule has 0 N–H and O–H groups in total. The molecule has 0 spiro atoms. The van der Waals surface area contributed by atoms with E-state index in [1.54, 1.807) is 12.3 Å². The van der Waals surface area contributed by atoms with Gasteiger partial charge in [-0.3, -0.25) is 0 Å². The summed E-state index contributed by atoms with van der Waals surface area (Å²) in [6.07, 6.45) is 5.05. The lowest BCUT2D eigenvalue weighted by molar-refractivity contribution is 0.245. The molecular weight excluding hydrogens is 389 g/mol. The Balaban J connectivity index is 1.68. The first-order valence-corrected chi connectivity index (χ1v) is 10.8. The van der Waals surface area contributed by atoms with Crippen LogP contribution in [0.3, 0.4) is 0 Å². The molecule has 0 amide bonds. The highest BCUT2D eigenvalue weighted by atomic mass is 32.2. The molecule has 152 valence electrons. The standard InChI is InChI=1S/C21H24FN5OS/c1-4-15-7-6-14(12-16(15)22)13-29-21-24-19-18(23-17(5-2)26(19)3)20(25-21)27-8-10-28-11-9-27/h6-8,10,12H,4-5,9,11,13H2,1-3H3. The van der Waals surface area contributed by atoms with Crippen molar-refractivity contribution in [3.8, 4) is 0 Å². The topological polar surface area (TPSA) is 56.1 Å². The van der Waals surface area contributed by atoms with Crippen LogP contribution in [0.25, 0.3) is 11.2 Å². The molecule has 3 aromatic rings. The number of ether oxygens (including phenoxy) is 1. The quantitative estimate of drug-likeness (QED) is 0.445. The minimum absolute atomic E-state index is 0.152. The average Bonchev–Trinajstić information content (AvgIpc) is 3.08.